The number of hydrogen-bond acceptors (Lipinski definition) is 4. The Labute approximate surface area is 112 Å². The third-order valence-electron chi connectivity index (χ3n) is 2.61. The topological polar surface area (TPSA) is 98.3 Å². The second-order valence-electron chi connectivity index (χ2n) is 3.75. The molecule has 1 N–H and O–H groups in total. The number of nitrogens with zero attached hydrogens (tertiary/aromatic N) is 3. The molecule has 0 spiro atoms. The maximum atomic E-state index is 10.9. The summed E-state index contributed by atoms with van der Waals surface area (Å²) >= 11 is 5.96. The van der Waals surface area contributed by atoms with Crippen LogP contribution >= 0.6 is 11.6 Å². The smallest absolute Gasteiger partial charge is 0.339 e. The molecule has 2 aromatic rings. The van der Waals surface area contributed by atoms with Crippen LogP contribution in [0.25, 0.3) is 5.69 Å². The van der Waals surface area contributed by atoms with Crippen molar-refractivity contribution in [3.8, 4) is 5.69 Å². The summed E-state index contributed by atoms with van der Waals surface area (Å²) in [4.78, 5) is 21.0. The lowest BCUT2D eigenvalue weighted by molar-refractivity contribution is -0.384. The van der Waals surface area contributed by atoms with Crippen LogP contribution in [0.15, 0.2) is 24.4 Å². The molecular weight excluding hydrogens is 274 g/mol. The minimum absolute atomic E-state index is 0.0504. The summed E-state index contributed by atoms with van der Waals surface area (Å²) in [6, 6.07) is 3.90. The van der Waals surface area contributed by atoms with Crippen LogP contribution in [0.5, 0.6) is 0 Å². The zero-order valence-electron chi connectivity index (χ0n) is 9.70. The number of aromatic carboxylic acids is 1. The predicted octanol–water partition coefficient (Wildman–Crippen LogP) is 2.44. The maximum Gasteiger partial charge on any atom is 0.339 e. The van der Waals surface area contributed by atoms with Gasteiger partial charge in [0.15, 0.2) is 0 Å². The van der Waals surface area contributed by atoms with Gasteiger partial charge < -0.3 is 5.11 Å². The van der Waals surface area contributed by atoms with E-state index in [1.165, 1.54) is 29.1 Å². The lowest BCUT2D eigenvalue weighted by Crippen LogP contribution is -2.03. The minimum atomic E-state index is -1.10. The number of carbonyl (C=O) groups is 1. The SMILES string of the molecule is Cc1c(C(=O)O)cnn1-c1ccc([N+](=O)[O-])cc1Cl. The van der Waals surface area contributed by atoms with E-state index in [2.05, 4.69) is 5.10 Å². The normalized spacial score (nSPS) is 10.4. The van der Waals surface area contributed by atoms with Crippen molar-refractivity contribution in [2.24, 2.45) is 0 Å². The number of halogens is 1. The van der Waals surface area contributed by atoms with Crippen LogP contribution in [0.3, 0.4) is 0 Å². The minimum Gasteiger partial charge on any atom is -0.478 e. The van der Waals surface area contributed by atoms with Crippen molar-refractivity contribution in [3.05, 3.63) is 50.8 Å². The lowest BCUT2D eigenvalue weighted by atomic mass is 10.2. The van der Waals surface area contributed by atoms with E-state index in [0.717, 1.165) is 0 Å². The Morgan fingerprint density at radius 1 is 1.53 bits per heavy atom. The number of benzene rings is 1. The van der Waals surface area contributed by atoms with Gasteiger partial charge in [-0.2, -0.15) is 5.10 Å². The van der Waals surface area contributed by atoms with Crippen LogP contribution in [0.4, 0.5) is 5.69 Å². The van der Waals surface area contributed by atoms with Gasteiger partial charge in [-0.25, -0.2) is 9.48 Å². The van der Waals surface area contributed by atoms with Gasteiger partial charge in [-0.15, -0.1) is 0 Å². The number of aromatic nitrogens is 2. The summed E-state index contributed by atoms with van der Waals surface area (Å²) < 4.78 is 1.33. The van der Waals surface area contributed by atoms with Crippen molar-refractivity contribution in [2.45, 2.75) is 6.92 Å². The van der Waals surface area contributed by atoms with Crippen molar-refractivity contribution in [2.75, 3.05) is 0 Å². The monoisotopic (exact) mass is 281 g/mol. The highest BCUT2D eigenvalue weighted by molar-refractivity contribution is 6.32. The highest BCUT2D eigenvalue weighted by Crippen LogP contribution is 2.26. The van der Waals surface area contributed by atoms with Crippen molar-refractivity contribution in [3.63, 3.8) is 0 Å². The number of carboxylic acids is 1. The van der Waals surface area contributed by atoms with Crippen molar-refractivity contribution >= 4 is 23.3 Å². The fourth-order valence-electron chi connectivity index (χ4n) is 1.64. The molecule has 0 unspecified atom stereocenters. The van der Waals surface area contributed by atoms with Gasteiger partial charge in [0, 0.05) is 12.1 Å². The third kappa shape index (κ3) is 2.27. The molecule has 7 nitrogen and oxygen atoms in total. The number of non-ortho nitro benzene ring substituents is 1. The van der Waals surface area contributed by atoms with Crippen LogP contribution in [0, 0.1) is 17.0 Å². The van der Waals surface area contributed by atoms with E-state index < -0.39 is 10.9 Å². The van der Waals surface area contributed by atoms with E-state index in [1.807, 2.05) is 0 Å². The quantitative estimate of drug-likeness (QED) is 0.688. The molecule has 0 saturated carbocycles. The first-order valence-corrected chi connectivity index (χ1v) is 5.52. The van der Waals surface area contributed by atoms with E-state index in [1.54, 1.807) is 6.92 Å². The van der Waals surface area contributed by atoms with Gasteiger partial charge in [0.25, 0.3) is 5.69 Å². The summed E-state index contributed by atoms with van der Waals surface area (Å²) in [5, 5.41) is 23.6. The Morgan fingerprint density at radius 2 is 2.21 bits per heavy atom. The molecule has 98 valence electrons. The molecule has 0 amide bonds. The van der Waals surface area contributed by atoms with Crippen molar-refractivity contribution in [1.82, 2.24) is 9.78 Å². The predicted molar refractivity (Wildman–Crippen MR) is 66.9 cm³/mol. The molecule has 19 heavy (non-hydrogen) atoms. The Bertz CT molecular complexity index is 681. The van der Waals surface area contributed by atoms with Gasteiger partial charge >= 0.3 is 5.97 Å². The summed E-state index contributed by atoms with van der Waals surface area (Å²) in [5.74, 6) is -1.10. The number of carboxylic acid groups (broad SMARTS) is 1. The second-order valence-corrected chi connectivity index (χ2v) is 4.16. The van der Waals surface area contributed by atoms with Crippen LogP contribution in [-0.4, -0.2) is 25.8 Å². The fraction of sp³-hybridized carbons (Fsp3) is 0.0909. The van der Waals surface area contributed by atoms with Gasteiger partial charge in [0.05, 0.1) is 27.5 Å². The third-order valence-corrected chi connectivity index (χ3v) is 2.91. The summed E-state index contributed by atoms with van der Waals surface area (Å²) in [6.07, 6.45) is 1.20. The van der Waals surface area contributed by atoms with Gasteiger partial charge in [0.2, 0.25) is 0 Å². The van der Waals surface area contributed by atoms with Crippen molar-refractivity contribution in [1.29, 1.82) is 0 Å². The molecule has 0 saturated heterocycles. The average Bonchev–Trinajstić information content (AvgIpc) is 2.71. The molecule has 0 aliphatic heterocycles. The molecule has 0 aliphatic rings. The Kier molecular flexibility index (Phi) is 3.22. The zero-order chi connectivity index (χ0) is 14.2. The maximum absolute atomic E-state index is 10.9. The van der Waals surface area contributed by atoms with Gasteiger partial charge in [-0.3, -0.25) is 10.1 Å². The van der Waals surface area contributed by atoms with E-state index in [4.69, 9.17) is 16.7 Å². The lowest BCUT2D eigenvalue weighted by Gasteiger charge is -2.06. The second kappa shape index (κ2) is 4.69. The van der Waals surface area contributed by atoms with Crippen molar-refractivity contribution < 1.29 is 14.8 Å². The summed E-state index contributed by atoms with van der Waals surface area (Å²) in [5.41, 5.74) is 0.687. The molecule has 2 rings (SSSR count). The number of nitro benzene ring substituents is 1. The van der Waals surface area contributed by atoms with Gasteiger partial charge in [0.1, 0.15) is 5.56 Å². The van der Waals surface area contributed by atoms with Crippen LogP contribution in [-0.2, 0) is 0 Å². The van der Waals surface area contributed by atoms with E-state index >= 15 is 0 Å². The zero-order valence-corrected chi connectivity index (χ0v) is 10.5. The fourth-order valence-corrected chi connectivity index (χ4v) is 1.90. The largest absolute Gasteiger partial charge is 0.478 e. The molecule has 1 aromatic carbocycles. The standard InChI is InChI=1S/C11H8ClN3O4/c1-6-8(11(16)17)5-13-14(6)10-3-2-7(15(18)19)4-9(10)12/h2-5H,1H3,(H,16,17). The first kappa shape index (κ1) is 13.0. The van der Waals surface area contributed by atoms with Gasteiger partial charge in [-0.05, 0) is 13.0 Å². The van der Waals surface area contributed by atoms with Gasteiger partial charge in [-0.1, -0.05) is 11.6 Å². The first-order chi connectivity index (χ1) is 8.91. The number of nitro groups is 1. The van der Waals surface area contributed by atoms with E-state index in [-0.39, 0.29) is 16.3 Å². The molecule has 0 atom stereocenters. The Morgan fingerprint density at radius 3 is 2.68 bits per heavy atom. The first-order valence-electron chi connectivity index (χ1n) is 5.14. The average molecular weight is 282 g/mol. The number of hydrogen-bond donors (Lipinski definition) is 1. The Balaban J connectivity index is 2.54. The highest BCUT2D eigenvalue weighted by Gasteiger charge is 2.17. The molecule has 0 radical (unpaired) electrons. The number of rotatable bonds is 3. The van der Waals surface area contributed by atoms with E-state index in [0.29, 0.717) is 11.4 Å². The molecule has 0 bridgehead atoms. The highest BCUT2D eigenvalue weighted by atomic mass is 35.5. The van der Waals surface area contributed by atoms with Crippen LogP contribution in [0.1, 0.15) is 16.1 Å². The van der Waals surface area contributed by atoms with E-state index in [9.17, 15) is 14.9 Å². The van der Waals surface area contributed by atoms with Crippen LogP contribution in [0.2, 0.25) is 5.02 Å². The molecule has 8 heteroatoms. The molecule has 1 aromatic heterocycles. The molecule has 1 heterocycles. The molecule has 0 aliphatic carbocycles. The molecular formula is C11H8ClN3O4. The summed E-state index contributed by atoms with van der Waals surface area (Å²) in [7, 11) is 0. The summed E-state index contributed by atoms with van der Waals surface area (Å²) in [6.45, 7) is 1.58. The Hall–Kier alpha value is -2.41. The van der Waals surface area contributed by atoms with Crippen LogP contribution < -0.4 is 0 Å². The molecule has 0 fully saturated rings.